The van der Waals surface area contributed by atoms with E-state index in [0.717, 1.165) is 9.37 Å². The third-order valence-corrected chi connectivity index (χ3v) is 3.66. The maximum Gasteiger partial charge on any atom is 0.329 e. The zero-order valence-corrected chi connectivity index (χ0v) is 14.2. The zero-order chi connectivity index (χ0) is 17.0. The van der Waals surface area contributed by atoms with Gasteiger partial charge in [-0.05, 0) is 46.6 Å². The van der Waals surface area contributed by atoms with Crippen LogP contribution in [-0.2, 0) is 14.3 Å². The summed E-state index contributed by atoms with van der Waals surface area (Å²) in [4.78, 5) is 35.9. The molecule has 3 amide bonds. The second kappa shape index (κ2) is 7.28. The maximum atomic E-state index is 12.2. The fourth-order valence-electron chi connectivity index (χ4n) is 1.95. The first-order chi connectivity index (χ1) is 11.0. The van der Waals surface area contributed by atoms with E-state index in [1.165, 1.54) is 13.2 Å². The van der Waals surface area contributed by atoms with E-state index >= 15 is 0 Å². The molecule has 1 aromatic carbocycles. The zero-order valence-electron chi connectivity index (χ0n) is 12.6. The van der Waals surface area contributed by atoms with E-state index in [0.29, 0.717) is 17.9 Å². The summed E-state index contributed by atoms with van der Waals surface area (Å²) in [7, 11) is 1.19. The van der Waals surface area contributed by atoms with Crippen LogP contribution in [-0.4, -0.2) is 43.1 Å². The van der Waals surface area contributed by atoms with Gasteiger partial charge in [0.25, 0.3) is 5.91 Å². The summed E-state index contributed by atoms with van der Waals surface area (Å²) in [6.07, 6.45) is 1.53. The van der Waals surface area contributed by atoms with E-state index in [9.17, 15) is 14.4 Å². The lowest BCUT2D eigenvalue weighted by atomic mass is 10.2. The van der Waals surface area contributed by atoms with E-state index in [-0.39, 0.29) is 5.70 Å². The molecular weight excluding hydrogens is 368 g/mol. The first-order valence-electron chi connectivity index (χ1n) is 6.80. The first kappa shape index (κ1) is 17.0. The van der Waals surface area contributed by atoms with Crippen molar-refractivity contribution in [2.75, 3.05) is 20.3 Å². The Morgan fingerprint density at radius 2 is 2.13 bits per heavy atom. The molecule has 1 aromatic rings. The number of halogens is 1. The van der Waals surface area contributed by atoms with Crippen LogP contribution < -0.4 is 10.1 Å². The molecule has 1 fully saturated rings. The minimum atomic E-state index is -0.668. The molecule has 1 aliphatic rings. The average molecular weight is 383 g/mol. The minimum absolute atomic E-state index is 0.0926. The fraction of sp³-hybridized carbons (Fsp3) is 0.267. The van der Waals surface area contributed by atoms with Crippen LogP contribution in [0.3, 0.4) is 0 Å². The van der Waals surface area contributed by atoms with Crippen LogP contribution in [0.4, 0.5) is 4.79 Å². The van der Waals surface area contributed by atoms with Crippen molar-refractivity contribution in [1.82, 2.24) is 10.2 Å². The highest BCUT2D eigenvalue weighted by Gasteiger charge is 2.35. The fourth-order valence-corrected chi connectivity index (χ4v) is 2.47. The summed E-state index contributed by atoms with van der Waals surface area (Å²) in [5.41, 5.74) is 0.791. The van der Waals surface area contributed by atoms with Crippen molar-refractivity contribution in [2.24, 2.45) is 0 Å². The Morgan fingerprint density at radius 1 is 1.39 bits per heavy atom. The number of carbonyl (C=O) groups excluding carboxylic acids is 3. The summed E-state index contributed by atoms with van der Waals surface area (Å²) in [5, 5.41) is 2.44. The molecule has 0 atom stereocenters. The van der Waals surface area contributed by atoms with Crippen LogP contribution in [0.2, 0.25) is 0 Å². The van der Waals surface area contributed by atoms with Gasteiger partial charge in [-0.3, -0.25) is 9.59 Å². The minimum Gasteiger partial charge on any atom is -0.493 e. The number of benzene rings is 1. The van der Waals surface area contributed by atoms with Gasteiger partial charge < -0.3 is 14.8 Å². The van der Waals surface area contributed by atoms with Gasteiger partial charge in [-0.25, -0.2) is 9.69 Å². The molecule has 23 heavy (non-hydrogen) atoms. The monoisotopic (exact) mass is 382 g/mol. The van der Waals surface area contributed by atoms with Gasteiger partial charge in [0, 0.05) is 0 Å². The Morgan fingerprint density at radius 3 is 2.74 bits per heavy atom. The molecule has 122 valence electrons. The van der Waals surface area contributed by atoms with Gasteiger partial charge in [-0.2, -0.15) is 0 Å². The Labute approximate surface area is 141 Å². The molecule has 1 heterocycles. The van der Waals surface area contributed by atoms with Gasteiger partial charge >= 0.3 is 12.0 Å². The second-order valence-electron chi connectivity index (χ2n) is 4.58. The maximum absolute atomic E-state index is 12.2. The quantitative estimate of drug-likeness (QED) is 0.477. The van der Waals surface area contributed by atoms with Crippen molar-refractivity contribution in [3.8, 4) is 5.75 Å². The van der Waals surface area contributed by atoms with Gasteiger partial charge in [0.05, 0.1) is 18.2 Å². The van der Waals surface area contributed by atoms with Crippen molar-refractivity contribution < 1.29 is 23.9 Å². The summed E-state index contributed by atoms with van der Waals surface area (Å²) in [6, 6.07) is 4.62. The van der Waals surface area contributed by atoms with Gasteiger partial charge in [-0.15, -0.1) is 0 Å². The van der Waals surface area contributed by atoms with E-state index in [1.54, 1.807) is 18.2 Å². The van der Waals surface area contributed by atoms with E-state index < -0.39 is 24.5 Å². The highest BCUT2D eigenvalue weighted by molar-refractivity contribution is 9.10. The summed E-state index contributed by atoms with van der Waals surface area (Å²) >= 11 is 3.38. The van der Waals surface area contributed by atoms with Gasteiger partial charge in [-0.1, -0.05) is 6.07 Å². The number of ether oxygens (including phenoxy) is 2. The normalized spacial score (nSPS) is 15.8. The first-order valence-corrected chi connectivity index (χ1v) is 7.59. The number of hydrogen-bond donors (Lipinski definition) is 1. The smallest absolute Gasteiger partial charge is 0.329 e. The Kier molecular flexibility index (Phi) is 5.38. The van der Waals surface area contributed by atoms with Gasteiger partial charge in [0.2, 0.25) is 0 Å². The number of nitrogens with one attached hydrogen (secondary N) is 1. The highest BCUT2D eigenvalue weighted by atomic mass is 79.9. The molecule has 0 radical (unpaired) electrons. The lowest BCUT2D eigenvalue weighted by molar-refractivity contribution is -0.143. The van der Waals surface area contributed by atoms with Crippen LogP contribution in [0, 0.1) is 0 Å². The number of rotatable bonds is 5. The van der Waals surface area contributed by atoms with E-state index in [4.69, 9.17) is 4.74 Å². The van der Waals surface area contributed by atoms with Crippen LogP contribution in [0.25, 0.3) is 6.08 Å². The number of amides is 3. The molecule has 0 aromatic heterocycles. The van der Waals surface area contributed by atoms with Crippen molar-refractivity contribution in [1.29, 1.82) is 0 Å². The molecule has 7 nitrogen and oxygen atoms in total. The Balaban J connectivity index is 2.20. The largest absolute Gasteiger partial charge is 0.493 e. The number of methoxy groups -OCH3 is 1. The Hall–Kier alpha value is -2.35. The number of imide groups is 1. The number of nitrogens with zero attached hydrogens (tertiary/aromatic N) is 1. The molecular formula is C15H15BrN2O5. The molecule has 0 spiro atoms. The number of esters is 1. The van der Waals surface area contributed by atoms with Crippen molar-refractivity contribution in [3.05, 3.63) is 33.9 Å². The topological polar surface area (TPSA) is 84.9 Å². The highest BCUT2D eigenvalue weighted by Crippen LogP contribution is 2.27. The summed E-state index contributed by atoms with van der Waals surface area (Å²) < 4.78 is 10.6. The van der Waals surface area contributed by atoms with E-state index in [2.05, 4.69) is 26.0 Å². The summed E-state index contributed by atoms with van der Waals surface area (Å²) in [5.74, 6) is -0.562. The lowest BCUT2D eigenvalue weighted by Gasteiger charge is -2.09. The lowest BCUT2D eigenvalue weighted by Crippen LogP contribution is -2.36. The molecule has 0 saturated carbocycles. The van der Waals surface area contributed by atoms with Gasteiger partial charge in [0.15, 0.2) is 0 Å². The van der Waals surface area contributed by atoms with Crippen LogP contribution in [0.15, 0.2) is 28.4 Å². The SMILES string of the molecule is CCOc1ccc(/C=C2/NC(=O)N(CC(=O)OC)C2=O)cc1Br. The van der Waals surface area contributed by atoms with E-state index in [1.807, 2.05) is 6.92 Å². The molecule has 1 N–H and O–H groups in total. The number of urea groups is 1. The predicted molar refractivity (Wildman–Crippen MR) is 85.5 cm³/mol. The third kappa shape index (κ3) is 3.89. The van der Waals surface area contributed by atoms with Crippen LogP contribution in [0.5, 0.6) is 5.75 Å². The molecule has 0 unspecified atom stereocenters. The second-order valence-corrected chi connectivity index (χ2v) is 5.43. The molecule has 0 aliphatic carbocycles. The van der Waals surface area contributed by atoms with Crippen LogP contribution in [0.1, 0.15) is 12.5 Å². The van der Waals surface area contributed by atoms with Crippen molar-refractivity contribution in [2.45, 2.75) is 6.92 Å². The molecule has 0 bridgehead atoms. The molecule has 1 aliphatic heterocycles. The molecule has 1 saturated heterocycles. The average Bonchev–Trinajstić information content (AvgIpc) is 2.77. The van der Waals surface area contributed by atoms with Gasteiger partial charge in [0.1, 0.15) is 18.0 Å². The molecule has 8 heteroatoms. The Bertz CT molecular complexity index is 686. The third-order valence-electron chi connectivity index (χ3n) is 3.04. The van der Waals surface area contributed by atoms with Crippen molar-refractivity contribution >= 4 is 39.9 Å². The van der Waals surface area contributed by atoms with Crippen LogP contribution >= 0.6 is 15.9 Å². The standard InChI is InChI=1S/C15H15BrN2O5/c1-3-23-12-5-4-9(6-10(12)16)7-11-14(20)18(15(21)17-11)8-13(19)22-2/h4-7H,3,8H2,1-2H3,(H,17,21)/b11-7+. The molecule has 2 rings (SSSR count). The van der Waals surface area contributed by atoms with Crippen molar-refractivity contribution in [3.63, 3.8) is 0 Å². The summed E-state index contributed by atoms with van der Waals surface area (Å²) in [6.45, 7) is 1.99. The number of carbonyl (C=O) groups is 3. The predicted octanol–water partition coefficient (Wildman–Crippen LogP) is 1.91. The number of hydrogen-bond acceptors (Lipinski definition) is 5.